The highest BCUT2D eigenvalue weighted by molar-refractivity contribution is 5.88. The number of aliphatic carboxylic acids is 2. The quantitative estimate of drug-likeness (QED) is 0.463. The van der Waals surface area contributed by atoms with E-state index in [-0.39, 0.29) is 6.54 Å². The van der Waals surface area contributed by atoms with E-state index in [1.165, 1.54) is 0 Å². The van der Waals surface area contributed by atoms with Crippen LogP contribution in [0.1, 0.15) is 18.4 Å². The topological polar surface area (TPSA) is 156 Å². The molecule has 4 N–H and O–H groups in total. The molecule has 11 nitrogen and oxygen atoms in total. The van der Waals surface area contributed by atoms with Crippen LogP contribution in [-0.2, 0) is 27.3 Å². The largest absolute Gasteiger partial charge is 0.490 e. The summed E-state index contributed by atoms with van der Waals surface area (Å²) in [6.45, 7) is 1.50. The minimum absolute atomic E-state index is 0.0558. The molecule has 1 saturated heterocycles. The summed E-state index contributed by atoms with van der Waals surface area (Å²) < 4.78 is 38.7. The number of carboxylic acid groups (broad SMARTS) is 2. The Hall–Kier alpha value is -3.68. The van der Waals surface area contributed by atoms with Crippen molar-refractivity contribution in [2.75, 3.05) is 25.1 Å². The molecule has 3 rings (SSSR count). The fraction of sp³-hybridized carbons (Fsp3) is 0.450. The molecular formula is C20H24F3N5O6. The first-order valence-corrected chi connectivity index (χ1v) is 10.1. The molecule has 1 fully saturated rings. The van der Waals surface area contributed by atoms with Crippen molar-refractivity contribution in [1.29, 1.82) is 0 Å². The van der Waals surface area contributed by atoms with E-state index in [1.807, 2.05) is 12.1 Å². The highest BCUT2D eigenvalue weighted by atomic mass is 19.4. The molecule has 0 atom stereocenters. The van der Waals surface area contributed by atoms with Gasteiger partial charge in [0.25, 0.3) is 0 Å². The number of nitrogens with one attached hydrogen (secondary N) is 2. The number of anilines is 1. The number of hydrogen-bond acceptors (Lipinski definition) is 6. The van der Waals surface area contributed by atoms with Crippen molar-refractivity contribution in [3.8, 4) is 0 Å². The number of aryl methyl sites for hydroxylation is 2. The van der Waals surface area contributed by atoms with Crippen molar-refractivity contribution >= 4 is 23.8 Å². The number of carbonyl (C=O) groups is 3. The van der Waals surface area contributed by atoms with Crippen molar-refractivity contribution in [3.05, 3.63) is 42.4 Å². The van der Waals surface area contributed by atoms with Crippen molar-refractivity contribution < 1.29 is 42.5 Å². The molecule has 0 saturated carbocycles. The van der Waals surface area contributed by atoms with Gasteiger partial charge in [0.05, 0.1) is 5.41 Å². The van der Waals surface area contributed by atoms with Crippen LogP contribution >= 0.6 is 0 Å². The zero-order valence-corrected chi connectivity index (χ0v) is 17.9. The Morgan fingerprint density at radius 2 is 1.74 bits per heavy atom. The lowest BCUT2D eigenvalue weighted by atomic mass is 9.80. The average Bonchev–Trinajstić information content (AvgIpc) is 3.24. The Morgan fingerprint density at radius 3 is 2.29 bits per heavy atom. The maximum Gasteiger partial charge on any atom is 0.490 e. The number of aromatic nitrogens is 3. The maximum absolute atomic E-state index is 12.1. The molecule has 34 heavy (non-hydrogen) atoms. The minimum atomic E-state index is -5.08. The van der Waals surface area contributed by atoms with E-state index < -0.39 is 29.6 Å². The lowest BCUT2D eigenvalue weighted by molar-refractivity contribution is -0.192. The summed E-state index contributed by atoms with van der Waals surface area (Å²) in [4.78, 5) is 36.6. The van der Waals surface area contributed by atoms with E-state index in [0.717, 1.165) is 12.0 Å². The molecule has 2 aromatic rings. The average molecular weight is 487 g/mol. The molecule has 2 aromatic heterocycles. The molecule has 1 aliphatic heterocycles. The number of carboxylic acids is 2. The second-order valence-electron chi connectivity index (χ2n) is 7.38. The van der Waals surface area contributed by atoms with Gasteiger partial charge >= 0.3 is 24.1 Å². The van der Waals surface area contributed by atoms with E-state index in [1.54, 1.807) is 29.3 Å². The number of ether oxygens (including phenoxy) is 1. The molecule has 1 aliphatic rings. The van der Waals surface area contributed by atoms with Crippen LogP contribution in [0.2, 0.25) is 0 Å². The number of amides is 2. The van der Waals surface area contributed by atoms with E-state index in [2.05, 4.69) is 20.7 Å². The zero-order chi connectivity index (χ0) is 25.2. The molecular weight excluding hydrogens is 463 g/mol. The fourth-order valence-corrected chi connectivity index (χ4v) is 2.98. The first-order chi connectivity index (χ1) is 16.0. The molecule has 186 valence electrons. The number of hydrogen-bond donors (Lipinski definition) is 4. The second-order valence-corrected chi connectivity index (χ2v) is 7.38. The summed E-state index contributed by atoms with van der Waals surface area (Å²) in [6.07, 6.45) is 1.77. The van der Waals surface area contributed by atoms with Gasteiger partial charge in [-0.25, -0.2) is 9.59 Å². The normalized spacial score (nSPS) is 14.9. The van der Waals surface area contributed by atoms with Crippen LogP contribution < -0.4 is 10.6 Å². The van der Waals surface area contributed by atoms with Gasteiger partial charge in [0.1, 0.15) is 0 Å². The van der Waals surface area contributed by atoms with E-state index in [9.17, 15) is 27.9 Å². The maximum atomic E-state index is 12.1. The van der Waals surface area contributed by atoms with Gasteiger partial charge in [-0.05, 0) is 37.0 Å². The lowest BCUT2D eigenvalue weighted by Gasteiger charge is -2.33. The van der Waals surface area contributed by atoms with E-state index in [0.29, 0.717) is 38.4 Å². The van der Waals surface area contributed by atoms with E-state index in [4.69, 9.17) is 14.6 Å². The predicted octanol–water partition coefficient (Wildman–Crippen LogP) is 2.16. The number of rotatable bonds is 7. The Bertz CT molecular complexity index is 961. The van der Waals surface area contributed by atoms with Crippen LogP contribution in [0.3, 0.4) is 0 Å². The van der Waals surface area contributed by atoms with Crippen molar-refractivity contribution in [2.45, 2.75) is 32.0 Å². The third-order valence-corrected chi connectivity index (χ3v) is 4.99. The summed E-state index contributed by atoms with van der Waals surface area (Å²) in [5.41, 5.74) is 0.183. The third kappa shape index (κ3) is 8.35. The van der Waals surface area contributed by atoms with Crippen LogP contribution in [0, 0.1) is 5.41 Å². The zero-order valence-electron chi connectivity index (χ0n) is 17.9. The smallest absolute Gasteiger partial charge is 0.481 e. The predicted molar refractivity (Wildman–Crippen MR) is 111 cm³/mol. The third-order valence-electron chi connectivity index (χ3n) is 4.99. The van der Waals surface area contributed by atoms with Crippen LogP contribution in [0.5, 0.6) is 0 Å². The number of alkyl halides is 3. The molecule has 0 radical (unpaired) electrons. The summed E-state index contributed by atoms with van der Waals surface area (Å²) in [5.74, 6) is -3.25. The minimum Gasteiger partial charge on any atom is -0.481 e. The molecule has 2 amide bonds. The first kappa shape index (κ1) is 26.6. The standard InChI is InChI=1S/C18H23N5O4.C2HF3O2/c24-16(25)18(5-11-27-12-6-18)13-20-17(26)21-15-4-10-23(22-15)9-3-14-1-7-19-8-2-14;3-2(4,5)1(6)7/h1-2,4,7-8,10H,3,5-6,9,11-13H2,(H,24,25)(H2,20,21,22,26);(H,6,7). The highest BCUT2D eigenvalue weighted by Crippen LogP contribution is 2.30. The summed E-state index contributed by atoms with van der Waals surface area (Å²) in [5, 5.41) is 26.2. The second kappa shape index (κ2) is 12.0. The van der Waals surface area contributed by atoms with Gasteiger partial charge in [-0.15, -0.1) is 0 Å². The van der Waals surface area contributed by atoms with Crippen LogP contribution in [-0.4, -0.2) is 68.9 Å². The number of pyridine rings is 1. The van der Waals surface area contributed by atoms with Gasteiger partial charge in [0.15, 0.2) is 5.82 Å². The number of urea groups is 1. The fourth-order valence-electron chi connectivity index (χ4n) is 2.98. The van der Waals surface area contributed by atoms with Gasteiger partial charge in [0, 0.05) is 51.0 Å². The SMILES string of the molecule is O=C(NCC1(C(=O)O)CCOCC1)Nc1ccn(CCc2ccncc2)n1.O=C(O)C(F)(F)F. The van der Waals surface area contributed by atoms with Gasteiger partial charge in [0.2, 0.25) is 0 Å². The molecule has 0 aromatic carbocycles. The lowest BCUT2D eigenvalue weighted by Crippen LogP contribution is -2.47. The summed E-state index contributed by atoms with van der Waals surface area (Å²) in [6, 6.07) is 5.13. The molecule has 3 heterocycles. The van der Waals surface area contributed by atoms with Crippen LogP contribution in [0.25, 0.3) is 0 Å². The Morgan fingerprint density at radius 1 is 1.12 bits per heavy atom. The van der Waals surface area contributed by atoms with Crippen LogP contribution in [0.4, 0.5) is 23.8 Å². The summed E-state index contributed by atoms with van der Waals surface area (Å²) >= 11 is 0. The molecule has 14 heteroatoms. The Kier molecular flexibility index (Phi) is 9.36. The van der Waals surface area contributed by atoms with Gasteiger partial charge in [-0.3, -0.25) is 19.8 Å². The number of halogens is 3. The Labute approximate surface area is 191 Å². The number of nitrogens with zero attached hydrogens (tertiary/aromatic N) is 3. The summed E-state index contributed by atoms with van der Waals surface area (Å²) in [7, 11) is 0. The van der Waals surface area contributed by atoms with Crippen molar-refractivity contribution in [1.82, 2.24) is 20.1 Å². The van der Waals surface area contributed by atoms with E-state index >= 15 is 0 Å². The van der Waals surface area contributed by atoms with Gasteiger partial charge in [-0.1, -0.05) is 0 Å². The van der Waals surface area contributed by atoms with Gasteiger partial charge in [-0.2, -0.15) is 18.3 Å². The monoisotopic (exact) mass is 487 g/mol. The molecule has 0 bridgehead atoms. The van der Waals surface area contributed by atoms with Crippen molar-refractivity contribution in [3.63, 3.8) is 0 Å². The first-order valence-electron chi connectivity index (χ1n) is 10.1. The number of carbonyl (C=O) groups excluding carboxylic acids is 1. The molecule has 0 unspecified atom stereocenters. The Balaban J connectivity index is 0.000000509. The van der Waals surface area contributed by atoms with Crippen molar-refractivity contribution in [2.24, 2.45) is 5.41 Å². The van der Waals surface area contributed by atoms with Crippen LogP contribution in [0.15, 0.2) is 36.8 Å². The molecule has 0 aliphatic carbocycles. The van der Waals surface area contributed by atoms with Gasteiger partial charge < -0.3 is 20.3 Å². The highest BCUT2D eigenvalue weighted by Gasteiger charge is 2.40. The molecule has 0 spiro atoms.